The van der Waals surface area contributed by atoms with Gasteiger partial charge in [0.1, 0.15) is 17.2 Å². The van der Waals surface area contributed by atoms with Crippen molar-refractivity contribution < 1.29 is 33.3 Å². The van der Waals surface area contributed by atoms with Crippen LogP contribution in [-0.2, 0) is 0 Å². The zero-order chi connectivity index (χ0) is 23.8. The van der Waals surface area contributed by atoms with Gasteiger partial charge >= 0.3 is 5.97 Å². The van der Waals surface area contributed by atoms with E-state index in [4.69, 9.17) is 23.7 Å². The van der Waals surface area contributed by atoms with Gasteiger partial charge in [0.05, 0.1) is 39.6 Å². The van der Waals surface area contributed by atoms with E-state index in [1.165, 1.54) is 20.3 Å². The van der Waals surface area contributed by atoms with Crippen molar-refractivity contribution in [3.8, 4) is 28.7 Å². The third-order valence-electron chi connectivity index (χ3n) is 4.82. The van der Waals surface area contributed by atoms with Crippen LogP contribution in [0.25, 0.3) is 6.08 Å². The zero-order valence-corrected chi connectivity index (χ0v) is 18.8. The number of methoxy groups -OCH3 is 4. The smallest absolute Gasteiger partial charge is 0.343 e. The highest BCUT2D eigenvalue weighted by Gasteiger charge is 2.14. The molecule has 0 amide bonds. The Morgan fingerprint density at radius 2 is 1.33 bits per heavy atom. The van der Waals surface area contributed by atoms with Gasteiger partial charge in [-0.1, -0.05) is 12.1 Å². The first-order valence-corrected chi connectivity index (χ1v) is 9.97. The third-order valence-corrected chi connectivity index (χ3v) is 4.82. The number of hydrogen-bond acceptors (Lipinski definition) is 7. The fraction of sp³-hybridized carbons (Fsp3) is 0.154. The second kappa shape index (κ2) is 10.9. The number of rotatable bonds is 9. The highest BCUT2D eigenvalue weighted by Crippen LogP contribution is 2.30. The first kappa shape index (κ1) is 23.4. The van der Waals surface area contributed by atoms with E-state index in [0.29, 0.717) is 39.7 Å². The Balaban J connectivity index is 1.75. The number of benzene rings is 3. The monoisotopic (exact) mass is 448 g/mol. The molecule has 0 heterocycles. The average molecular weight is 448 g/mol. The van der Waals surface area contributed by atoms with Gasteiger partial charge in [0.2, 0.25) is 0 Å². The summed E-state index contributed by atoms with van der Waals surface area (Å²) in [5.74, 6) is 1.51. The maximum absolute atomic E-state index is 12.6. The molecule has 0 N–H and O–H groups in total. The molecule has 0 aliphatic heterocycles. The molecule has 0 unspecified atom stereocenters. The molecule has 3 aromatic rings. The minimum absolute atomic E-state index is 0.233. The molecule has 0 saturated carbocycles. The van der Waals surface area contributed by atoms with Crippen LogP contribution in [0.5, 0.6) is 28.7 Å². The Morgan fingerprint density at radius 1 is 0.667 bits per heavy atom. The molecule has 0 aromatic heterocycles. The van der Waals surface area contributed by atoms with Gasteiger partial charge < -0.3 is 23.7 Å². The molecular formula is C26H24O7. The molecule has 33 heavy (non-hydrogen) atoms. The summed E-state index contributed by atoms with van der Waals surface area (Å²) in [6.45, 7) is 0. The predicted octanol–water partition coefficient (Wildman–Crippen LogP) is 4.84. The fourth-order valence-electron chi connectivity index (χ4n) is 3.02. The molecule has 0 radical (unpaired) electrons. The van der Waals surface area contributed by atoms with Gasteiger partial charge in [0, 0.05) is 6.07 Å². The summed E-state index contributed by atoms with van der Waals surface area (Å²) < 4.78 is 26.4. The number of allylic oxidation sites excluding steroid dienone is 1. The van der Waals surface area contributed by atoms with Crippen molar-refractivity contribution in [2.45, 2.75) is 0 Å². The Hall–Kier alpha value is -4.26. The van der Waals surface area contributed by atoms with E-state index >= 15 is 0 Å². The maximum atomic E-state index is 12.6. The average Bonchev–Trinajstić information content (AvgIpc) is 2.87. The van der Waals surface area contributed by atoms with E-state index < -0.39 is 5.97 Å². The summed E-state index contributed by atoms with van der Waals surface area (Å²) in [6.07, 6.45) is 3.08. The molecule has 0 bridgehead atoms. The van der Waals surface area contributed by atoms with Crippen LogP contribution < -0.4 is 23.7 Å². The van der Waals surface area contributed by atoms with Crippen molar-refractivity contribution in [1.29, 1.82) is 0 Å². The van der Waals surface area contributed by atoms with Gasteiger partial charge in [0.15, 0.2) is 17.3 Å². The second-order valence-electron chi connectivity index (χ2n) is 6.79. The molecule has 0 spiro atoms. The molecule has 3 aromatic carbocycles. The first-order valence-electron chi connectivity index (χ1n) is 9.97. The lowest BCUT2D eigenvalue weighted by Gasteiger charge is -2.10. The molecule has 170 valence electrons. The number of carbonyl (C=O) groups is 2. The van der Waals surface area contributed by atoms with E-state index in [9.17, 15) is 9.59 Å². The number of ether oxygens (including phenoxy) is 5. The molecule has 0 aliphatic carbocycles. The summed E-state index contributed by atoms with van der Waals surface area (Å²) in [5.41, 5.74) is 1.48. The van der Waals surface area contributed by atoms with Crippen LogP contribution in [-0.4, -0.2) is 40.2 Å². The Labute approximate surface area is 192 Å². The molecule has 0 saturated heterocycles. The Morgan fingerprint density at radius 3 is 1.97 bits per heavy atom. The van der Waals surface area contributed by atoms with Gasteiger partial charge in [-0.3, -0.25) is 4.79 Å². The SMILES string of the molecule is COc1ccc(C(=O)Oc2ccc(C=CC(=O)c3ccc(OC)cc3OC)cc2OC)cc1. The summed E-state index contributed by atoms with van der Waals surface area (Å²) in [5, 5.41) is 0. The van der Waals surface area contributed by atoms with Crippen molar-refractivity contribution in [3.05, 3.63) is 83.4 Å². The normalized spacial score (nSPS) is 10.5. The largest absolute Gasteiger partial charge is 0.497 e. The molecule has 0 atom stereocenters. The van der Waals surface area contributed by atoms with Crippen molar-refractivity contribution in [2.24, 2.45) is 0 Å². The third kappa shape index (κ3) is 5.71. The number of hydrogen-bond donors (Lipinski definition) is 0. The lowest BCUT2D eigenvalue weighted by atomic mass is 10.1. The number of carbonyl (C=O) groups excluding carboxylic acids is 2. The first-order chi connectivity index (χ1) is 16.0. The van der Waals surface area contributed by atoms with E-state index in [-0.39, 0.29) is 11.5 Å². The van der Waals surface area contributed by atoms with Crippen molar-refractivity contribution in [1.82, 2.24) is 0 Å². The van der Waals surface area contributed by atoms with Crippen molar-refractivity contribution in [2.75, 3.05) is 28.4 Å². The van der Waals surface area contributed by atoms with Crippen LogP contribution in [0.2, 0.25) is 0 Å². The molecule has 0 aliphatic rings. The Kier molecular flexibility index (Phi) is 7.70. The minimum atomic E-state index is -0.527. The van der Waals surface area contributed by atoms with Crippen LogP contribution in [0.4, 0.5) is 0 Å². The van der Waals surface area contributed by atoms with E-state index in [0.717, 1.165) is 0 Å². The maximum Gasteiger partial charge on any atom is 0.343 e. The molecular weight excluding hydrogens is 424 g/mol. The summed E-state index contributed by atoms with van der Waals surface area (Å²) in [7, 11) is 6.06. The van der Waals surface area contributed by atoms with Crippen LogP contribution in [0.3, 0.4) is 0 Å². The van der Waals surface area contributed by atoms with Crippen LogP contribution in [0.1, 0.15) is 26.3 Å². The molecule has 7 heteroatoms. The predicted molar refractivity (Wildman–Crippen MR) is 124 cm³/mol. The molecule has 7 nitrogen and oxygen atoms in total. The highest BCUT2D eigenvalue weighted by molar-refractivity contribution is 6.08. The standard InChI is InChI=1S/C26H24O7/c1-29-19-9-7-18(8-10-19)26(28)33-23-14-6-17(15-25(23)32-4)5-13-22(27)21-12-11-20(30-2)16-24(21)31-3/h5-16H,1-4H3. The minimum Gasteiger partial charge on any atom is -0.497 e. The van der Waals surface area contributed by atoms with Crippen LogP contribution >= 0.6 is 0 Å². The van der Waals surface area contributed by atoms with Crippen molar-refractivity contribution >= 4 is 17.8 Å². The van der Waals surface area contributed by atoms with Gasteiger partial charge in [-0.05, 0) is 60.2 Å². The fourth-order valence-corrected chi connectivity index (χ4v) is 3.02. The van der Waals surface area contributed by atoms with Gasteiger partial charge in [-0.2, -0.15) is 0 Å². The lowest BCUT2D eigenvalue weighted by molar-refractivity contribution is 0.0729. The summed E-state index contributed by atoms with van der Waals surface area (Å²) in [6, 6.07) is 16.6. The quantitative estimate of drug-likeness (QED) is 0.201. The van der Waals surface area contributed by atoms with Crippen molar-refractivity contribution in [3.63, 3.8) is 0 Å². The van der Waals surface area contributed by atoms with Crippen LogP contribution in [0, 0.1) is 0 Å². The molecule has 3 rings (SSSR count). The van der Waals surface area contributed by atoms with Gasteiger partial charge in [-0.25, -0.2) is 4.79 Å². The Bertz CT molecular complexity index is 1160. The van der Waals surface area contributed by atoms with Crippen LogP contribution in [0.15, 0.2) is 66.7 Å². The highest BCUT2D eigenvalue weighted by atomic mass is 16.6. The number of esters is 1. The van der Waals surface area contributed by atoms with E-state index in [1.54, 1.807) is 81.0 Å². The second-order valence-corrected chi connectivity index (χ2v) is 6.79. The zero-order valence-electron chi connectivity index (χ0n) is 18.8. The van der Waals surface area contributed by atoms with E-state index in [2.05, 4.69) is 0 Å². The van der Waals surface area contributed by atoms with Gasteiger partial charge in [0.25, 0.3) is 0 Å². The van der Waals surface area contributed by atoms with Gasteiger partial charge in [-0.15, -0.1) is 0 Å². The van der Waals surface area contributed by atoms with E-state index in [1.807, 2.05) is 0 Å². The number of ketones is 1. The lowest BCUT2D eigenvalue weighted by Crippen LogP contribution is -2.09. The topological polar surface area (TPSA) is 80.3 Å². The summed E-state index contributed by atoms with van der Waals surface area (Å²) >= 11 is 0. The summed E-state index contributed by atoms with van der Waals surface area (Å²) in [4.78, 5) is 25.1. The molecule has 0 fully saturated rings.